The van der Waals surface area contributed by atoms with Crippen LogP contribution in [0.1, 0.15) is 24.3 Å². The molecule has 1 fully saturated rings. The fraction of sp³-hybridized carbons (Fsp3) is 0.375. The summed E-state index contributed by atoms with van der Waals surface area (Å²) in [5.41, 5.74) is -0.312. The van der Waals surface area contributed by atoms with E-state index in [1.165, 1.54) is 6.20 Å². The number of aromatic nitrogens is 1. The van der Waals surface area contributed by atoms with Crippen LogP contribution in [0, 0.1) is 10.1 Å². The highest BCUT2D eigenvalue weighted by molar-refractivity contribution is 5.41. The normalized spacial score (nSPS) is 15.7. The van der Waals surface area contributed by atoms with Crippen molar-refractivity contribution >= 4 is 5.69 Å². The summed E-state index contributed by atoms with van der Waals surface area (Å²) in [4.78, 5) is 23.4. The molecule has 1 aliphatic rings. The Bertz CT molecular complexity index is 406. The third kappa shape index (κ3) is 1.32. The Labute approximate surface area is 73.6 Å². The highest BCUT2D eigenvalue weighted by Crippen LogP contribution is 2.42. The van der Waals surface area contributed by atoms with Gasteiger partial charge in [0.25, 0.3) is 0 Å². The summed E-state index contributed by atoms with van der Waals surface area (Å²) >= 11 is 0. The first kappa shape index (κ1) is 7.97. The Morgan fingerprint density at radius 2 is 2.23 bits per heavy atom. The molecule has 0 unspecified atom stereocenters. The average molecular weight is 180 g/mol. The van der Waals surface area contributed by atoms with Crippen LogP contribution in [0.3, 0.4) is 0 Å². The van der Waals surface area contributed by atoms with Crippen LogP contribution in [-0.4, -0.2) is 9.91 Å². The Hall–Kier alpha value is -1.65. The van der Waals surface area contributed by atoms with Gasteiger partial charge in [-0.3, -0.25) is 14.9 Å². The van der Waals surface area contributed by atoms with E-state index in [0.29, 0.717) is 5.56 Å². The van der Waals surface area contributed by atoms with Gasteiger partial charge in [0, 0.05) is 11.8 Å². The predicted octanol–water partition coefficient (Wildman–Crippen LogP) is 1.16. The van der Waals surface area contributed by atoms with Crippen LogP contribution in [0.25, 0.3) is 0 Å². The Morgan fingerprint density at radius 3 is 2.77 bits per heavy atom. The Balaban J connectivity index is 2.60. The standard InChI is InChI=1S/C8H8N2O3/c11-8-7(10(12)13)6(3-4-9-8)5-1-2-5/h3-5H,1-2H2,(H,9,11). The number of pyridine rings is 1. The molecule has 1 aliphatic carbocycles. The second-order valence-corrected chi connectivity index (χ2v) is 3.14. The number of hydrogen-bond donors (Lipinski definition) is 1. The SMILES string of the molecule is O=c1[nH]ccc(C2CC2)c1[N+](=O)[O-]. The lowest BCUT2D eigenvalue weighted by Gasteiger charge is -1.97. The van der Waals surface area contributed by atoms with Crippen LogP contribution in [0.15, 0.2) is 17.1 Å². The topological polar surface area (TPSA) is 76.0 Å². The van der Waals surface area contributed by atoms with E-state index in [-0.39, 0.29) is 11.6 Å². The number of nitrogens with zero attached hydrogens (tertiary/aromatic N) is 1. The lowest BCUT2D eigenvalue weighted by atomic mass is 10.1. The van der Waals surface area contributed by atoms with Crippen LogP contribution < -0.4 is 5.56 Å². The quantitative estimate of drug-likeness (QED) is 0.548. The van der Waals surface area contributed by atoms with Crippen LogP contribution in [0.4, 0.5) is 5.69 Å². The van der Waals surface area contributed by atoms with Gasteiger partial charge in [-0.25, -0.2) is 0 Å². The van der Waals surface area contributed by atoms with E-state index in [2.05, 4.69) is 4.98 Å². The summed E-state index contributed by atoms with van der Waals surface area (Å²) in [5, 5.41) is 10.6. The summed E-state index contributed by atoms with van der Waals surface area (Å²) < 4.78 is 0. The first-order valence-electron chi connectivity index (χ1n) is 4.06. The molecule has 1 saturated carbocycles. The molecule has 0 saturated heterocycles. The lowest BCUT2D eigenvalue weighted by Crippen LogP contribution is -2.13. The van der Waals surface area contributed by atoms with Gasteiger partial charge in [0.2, 0.25) is 0 Å². The molecule has 0 atom stereocenters. The highest BCUT2D eigenvalue weighted by Gasteiger charge is 2.32. The van der Waals surface area contributed by atoms with Gasteiger partial charge in [-0.05, 0) is 24.8 Å². The molecule has 0 spiro atoms. The van der Waals surface area contributed by atoms with Crippen molar-refractivity contribution in [3.8, 4) is 0 Å². The van der Waals surface area contributed by atoms with Crippen LogP contribution in [0.2, 0.25) is 0 Å². The van der Waals surface area contributed by atoms with Crippen molar-refractivity contribution in [2.75, 3.05) is 0 Å². The minimum atomic E-state index is -0.605. The van der Waals surface area contributed by atoms with Gasteiger partial charge < -0.3 is 4.98 Å². The monoisotopic (exact) mass is 180 g/mol. The third-order valence-corrected chi connectivity index (χ3v) is 2.17. The number of nitro groups is 1. The maximum Gasteiger partial charge on any atom is 0.337 e. The molecule has 2 rings (SSSR count). The fourth-order valence-corrected chi connectivity index (χ4v) is 1.40. The molecule has 0 radical (unpaired) electrons. The summed E-state index contributed by atoms with van der Waals surface area (Å²) in [7, 11) is 0. The molecular formula is C8H8N2O3. The predicted molar refractivity (Wildman–Crippen MR) is 45.7 cm³/mol. The van der Waals surface area contributed by atoms with Gasteiger partial charge in [-0.15, -0.1) is 0 Å². The molecule has 1 aromatic heterocycles. The van der Waals surface area contributed by atoms with Crippen LogP contribution in [-0.2, 0) is 0 Å². The van der Waals surface area contributed by atoms with Gasteiger partial charge >= 0.3 is 11.2 Å². The molecule has 5 nitrogen and oxygen atoms in total. The summed E-state index contributed by atoms with van der Waals surface area (Å²) in [6.07, 6.45) is 3.36. The Kier molecular flexibility index (Phi) is 1.65. The molecule has 0 aromatic carbocycles. The maximum atomic E-state index is 11.1. The Morgan fingerprint density at radius 1 is 1.54 bits per heavy atom. The van der Waals surface area contributed by atoms with E-state index in [0.717, 1.165) is 12.8 Å². The zero-order chi connectivity index (χ0) is 9.42. The molecule has 5 heteroatoms. The largest absolute Gasteiger partial charge is 0.337 e. The van der Waals surface area contributed by atoms with Crippen molar-refractivity contribution in [2.24, 2.45) is 0 Å². The van der Waals surface area contributed by atoms with Gasteiger partial charge in [0.1, 0.15) is 0 Å². The van der Waals surface area contributed by atoms with E-state index >= 15 is 0 Å². The zero-order valence-electron chi connectivity index (χ0n) is 6.82. The van der Waals surface area contributed by atoms with Gasteiger partial charge in [-0.2, -0.15) is 0 Å². The van der Waals surface area contributed by atoms with Crippen molar-refractivity contribution in [1.29, 1.82) is 0 Å². The molecule has 0 aliphatic heterocycles. The molecular weight excluding hydrogens is 172 g/mol. The minimum absolute atomic E-state index is 0.225. The van der Waals surface area contributed by atoms with Gasteiger partial charge in [0.05, 0.1) is 4.92 Å². The molecule has 1 aromatic rings. The number of aromatic amines is 1. The lowest BCUT2D eigenvalue weighted by molar-refractivity contribution is -0.387. The smallest absolute Gasteiger partial charge is 0.323 e. The van der Waals surface area contributed by atoms with Crippen molar-refractivity contribution in [3.05, 3.63) is 38.3 Å². The van der Waals surface area contributed by atoms with E-state index in [4.69, 9.17) is 0 Å². The maximum absolute atomic E-state index is 11.1. The van der Waals surface area contributed by atoms with E-state index in [1.807, 2.05) is 0 Å². The van der Waals surface area contributed by atoms with Crippen molar-refractivity contribution in [1.82, 2.24) is 4.98 Å². The molecule has 1 N–H and O–H groups in total. The van der Waals surface area contributed by atoms with Crippen molar-refractivity contribution in [3.63, 3.8) is 0 Å². The number of H-pyrrole nitrogens is 1. The minimum Gasteiger partial charge on any atom is -0.323 e. The second kappa shape index (κ2) is 2.69. The summed E-state index contributed by atoms with van der Waals surface area (Å²) in [6, 6.07) is 1.62. The summed E-state index contributed by atoms with van der Waals surface area (Å²) in [5.74, 6) is 0.225. The first-order chi connectivity index (χ1) is 6.20. The second-order valence-electron chi connectivity index (χ2n) is 3.14. The number of nitrogens with one attached hydrogen (secondary N) is 1. The molecule has 68 valence electrons. The molecule has 13 heavy (non-hydrogen) atoms. The van der Waals surface area contributed by atoms with Crippen molar-refractivity contribution in [2.45, 2.75) is 18.8 Å². The van der Waals surface area contributed by atoms with E-state index < -0.39 is 10.5 Å². The first-order valence-corrected chi connectivity index (χ1v) is 4.06. The summed E-state index contributed by atoms with van der Waals surface area (Å²) in [6.45, 7) is 0. The van der Waals surface area contributed by atoms with Crippen molar-refractivity contribution < 1.29 is 4.92 Å². The van der Waals surface area contributed by atoms with Crippen LogP contribution in [0.5, 0.6) is 0 Å². The number of rotatable bonds is 2. The average Bonchev–Trinajstić information content (AvgIpc) is 2.85. The van der Waals surface area contributed by atoms with Gasteiger partial charge in [0.15, 0.2) is 0 Å². The van der Waals surface area contributed by atoms with Gasteiger partial charge in [-0.1, -0.05) is 0 Å². The zero-order valence-corrected chi connectivity index (χ0v) is 6.82. The molecule has 0 bridgehead atoms. The third-order valence-electron chi connectivity index (χ3n) is 2.17. The molecule has 0 amide bonds. The van der Waals surface area contributed by atoms with E-state index in [9.17, 15) is 14.9 Å². The highest BCUT2D eigenvalue weighted by atomic mass is 16.6. The fourth-order valence-electron chi connectivity index (χ4n) is 1.40. The number of hydrogen-bond acceptors (Lipinski definition) is 3. The van der Waals surface area contributed by atoms with Crippen LogP contribution >= 0.6 is 0 Å². The van der Waals surface area contributed by atoms with E-state index in [1.54, 1.807) is 6.07 Å². The molecule has 1 heterocycles.